The van der Waals surface area contributed by atoms with E-state index in [4.69, 9.17) is 10.6 Å². The third kappa shape index (κ3) is 2.18. The van der Waals surface area contributed by atoms with Crippen LogP contribution in [0.1, 0.15) is 31.7 Å². The first-order valence-electron chi connectivity index (χ1n) is 6.93. The van der Waals surface area contributed by atoms with Crippen LogP contribution in [0.4, 0.5) is 0 Å². The van der Waals surface area contributed by atoms with E-state index in [1.165, 1.54) is 18.4 Å². The normalized spacial score (nSPS) is 32.0. The van der Waals surface area contributed by atoms with Gasteiger partial charge in [0, 0.05) is 24.7 Å². The second-order valence-electron chi connectivity index (χ2n) is 5.46. The molecule has 0 radical (unpaired) electrons. The van der Waals surface area contributed by atoms with Crippen molar-refractivity contribution in [2.45, 2.75) is 57.4 Å². The molecule has 0 aliphatic carbocycles. The molecule has 2 aliphatic rings. The summed E-state index contributed by atoms with van der Waals surface area (Å²) in [5.41, 5.74) is 4.24. The number of nitrogens with zero attached hydrogens (tertiary/aromatic N) is 2. The van der Waals surface area contributed by atoms with Gasteiger partial charge in [-0.3, -0.25) is 16.0 Å². The number of hydrogen-bond donors (Lipinski definition) is 2. The first-order chi connectivity index (χ1) is 8.80. The van der Waals surface area contributed by atoms with E-state index in [9.17, 15) is 0 Å². The van der Waals surface area contributed by atoms with E-state index in [1.54, 1.807) is 0 Å². The number of aryl methyl sites for hydroxylation is 1. The van der Waals surface area contributed by atoms with Crippen LogP contribution >= 0.6 is 0 Å². The summed E-state index contributed by atoms with van der Waals surface area (Å²) in [6.07, 6.45) is 9.47. The largest absolute Gasteiger partial charge is 0.375 e. The number of ether oxygens (including phenoxy) is 1. The second-order valence-corrected chi connectivity index (χ2v) is 5.46. The standard InChI is InChI=1S/C13H22N4O/c1-2-17-8-9(7-15-17)5-12(16-14)11-6-10-3-4-13(11)18-10/h7-8,10-13,16H,2-6,14H2,1H3. The van der Waals surface area contributed by atoms with Crippen LogP contribution in [0.5, 0.6) is 0 Å². The van der Waals surface area contributed by atoms with Crippen molar-refractivity contribution in [1.82, 2.24) is 15.2 Å². The molecule has 0 spiro atoms. The third-order valence-corrected chi connectivity index (χ3v) is 4.35. The fourth-order valence-corrected chi connectivity index (χ4v) is 3.37. The van der Waals surface area contributed by atoms with Gasteiger partial charge in [0.2, 0.25) is 0 Å². The Labute approximate surface area is 108 Å². The molecule has 2 fully saturated rings. The van der Waals surface area contributed by atoms with Gasteiger partial charge in [0.1, 0.15) is 0 Å². The molecule has 2 aliphatic heterocycles. The topological polar surface area (TPSA) is 65.1 Å². The van der Waals surface area contributed by atoms with Crippen molar-refractivity contribution < 1.29 is 4.74 Å². The summed E-state index contributed by atoms with van der Waals surface area (Å²) in [6.45, 7) is 3.01. The number of hydrazine groups is 1. The van der Waals surface area contributed by atoms with Gasteiger partial charge in [0.05, 0.1) is 18.4 Å². The van der Waals surface area contributed by atoms with Crippen LogP contribution in [-0.4, -0.2) is 28.0 Å². The molecule has 0 amide bonds. The Morgan fingerprint density at radius 1 is 1.61 bits per heavy atom. The van der Waals surface area contributed by atoms with Gasteiger partial charge in [-0.25, -0.2) is 0 Å². The molecular formula is C13H22N4O. The van der Waals surface area contributed by atoms with Crippen LogP contribution in [0.3, 0.4) is 0 Å². The lowest BCUT2D eigenvalue weighted by atomic mass is 9.82. The lowest BCUT2D eigenvalue weighted by molar-refractivity contribution is 0.0857. The van der Waals surface area contributed by atoms with Crippen LogP contribution in [-0.2, 0) is 17.7 Å². The fraction of sp³-hybridized carbons (Fsp3) is 0.769. The van der Waals surface area contributed by atoms with Crippen molar-refractivity contribution in [3.05, 3.63) is 18.0 Å². The molecule has 18 heavy (non-hydrogen) atoms. The summed E-state index contributed by atoms with van der Waals surface area (Å²) >= 11 is 0. The molecule has 3 heterocycles. The number of aromatic nitrogens is 2. The summed E-state index contributed by atoms with van der Waals surface area (Å²) in [5.74, 6) is 6.29. The van der Waals surface area contributed by atoms with Gasteiger partial charge in [-0.1, -0.05) is 0 Å². The third-order valence-electron chi connectivity index (χ3n) is 4.35. The molecule has 3 rings (SSSR count). The van der Waals surface area contributed by atoms with E-state index in [-0.39, 0.29) is 0 Å². The quantitative estimate of drug-likeness (QED) is 0.600. The maximum atomic E-state index is 5.92. The second kappa shape index (κ2) is 4.99. The SMILES string of the molecule is CCn1cc(CC(NN)C2CC3CCC2O3)cn1. The minimum absolute atomic E-state index is 0.301. The van der Waals surface area contributed by atoms with Gasteiger partial charge >= 0.3 is 0 Å². The van der Waals surface area contributed by atoms with Gasteiger partial charge < -0.3 is 4.74 Å². The molecule has 4 unspecified atom stereocenters. The molecular weight excluding hydrogens is 228 g/mol. The Morgan fingerprint density at radius 2 is 2.50 bits per heavy atom. The maximum absolute atomic E-state index is 5.92. The van der Waals surface area contributed by atoms with Crippen LogP contribution in [0, 0.1) is 5.92 Å². The lowest BCUT2D eigenvalue weighted by Gasteiger charge is -2.27. The Bertz CT molecular complexity index is 405. The molecule has 100 valence electrons. The highest BCUT2D eigenvalue weighted by atomic mass is 16.5. The summed E-state index contributed by atoms with van der Waals surface area (Å²) in [5, 5.41) is 4.31. The Kier molecular flexibility index (Phi) is 3.37. The van der Waals surface area contributed by atoms with Gasteiger partial charge in [-0.05, 0) is 38.2 Å². The number of nitrogens with two attached hydrogens (primary N) is 1. The summed E-state index contributed by atoms with van der Waals surface area (Å²) in [7, 11) is 0. The van der Waals surface area contributed by atoms with E-state index >= 15 is 0 Å². The van der Waals surface area contributed by atoms with E-state index < -0.39 is 0 Å². The zero-order valence-corrected chi connectivity index (χ0v) is 10.9. The van der Waals surface area contributed by atoms with E-state index in [0.29, 0.717) is 24.2 Å². The molecule has 4 atom stereocenters. The molecule has 2 saturated heterocycles. The number of hydrogen-bond acceptors (Lipinski definition) is 4. The molecule has 5 heteroatoms. The van der Waals surface area contributed by atoms with Crippen molar-refractivity contribution in [2.75, 3.05) is 0 Å². The first kappa shape index (κ1) is 12.1. The minimum atomic E-state index is 0.301. The Morgan fingerprint density at radius 3 is 3.06 bits per heavy atom. The Hall–Kier alpha value is -0.910. The molecule has 1 aromatic heterocycles. The van der Waals surface area contributed by atoms with Gasteiger partial charge in [-0.2, -0.15) is 5.10 Å². The zero-order valence-electron chi connectivity index (χ0n) is 10.9. The molecule has 3 N–H and O–H groups in total. The number of fused-ring (bicyclic) bond motifs is 2. The molecule has 0 aromatic carbocycles. The Balaban J connectivity index is 1.65. The van der Waals surface area contributed by atoms with E-state index in [1.807, 2.05) is 10.9 Å². The van der Waals surface area contributed by atoms with Gasteiger partial charge in [0.25, 0.3) is 0 Å². The van der Waals surface area contributed by atoms with Crippen LogP contribution in [0.15, 0.2) is 12.4 Å². The minimum Gasteiger partial charge on any atom is -0.375 e. The van der Waals surface area contributed by atoms with Crippen molar-refractivity contribution in [3.63, 3.8) is 0 Å². The average Bonchev–Trinajstić information content (AvgIpc) is 3.11. The van der Waals surface area contributed by atoms with Crippen molar-refractivity contribution in [1.29, 1.82) is 0 Å². The predicted molar refractivity (Wildman–Crippen MR) is 68.7 cm³/mol. The fourth-order valence-electron chi connectivity index (χ4n) is 3.37. The van der Waals surface area contributed by atoms with E-state index in [0.717, 1.165) is 19.4 Å². The summed E-state index contributed by atoms with van der Waals surface area (Å²) < 4.78 is 7.87. The molecule has 0 saturated carbocycles. The van der Waals surface area contributed by atoms with Crippen LogP contribution in [0.2, 0.25) is 0 Å². The van der Waals surface area contributed by atoms with Crippen molar-refractivity contribution in [2.24, 2.45) is 11.8 Å². The smallest absolute Gasteiger partial charge is 0.0624 e. The number of nitrogens with one attached hydrogen (secondary N) is 1. The molecule has 2 bridgehead atoms. The van der Waals surface area contributed by atoms with Crippen molar-refractivity contribution in [3.8, 4) is 0 Å². The first-order valence-corrected chi connectivity index (χ1v) is 6.93. The van der Waals surface area contributed by atoms with Crippen molar-refractivity contribution >= 4 is 0 Å². The summed E-state index contributed by atoms with van der Waals surface area (Å²) in [6, 6.07) is 0.301. The van der Waals surface area contributed by atoms with Crippen LogP contribution < -0.4 is 11.3 Å². The van der Waals surface area contributed by atoms with Gasteiger partial charge in [0.15, 0.2) is 0 Å². The van der Waals surface area contributed by atoms with E-state index in [2.05, 4.69) is 23.6 Å². The summed E-state index contributed by atoms with van der Waals surface area (Å²) in [4.78, 5) is 0. The average molecular weight is 250 g/mol. The zero-order chi connectivity index (χ0) is 12.5. The number of rotatable bonds is 5. The monoisotopic (exact) mass is 250 g/mol. The molecule has 1 aromatic rings. The van der Waals surface area contributed by atoms with Gasteiger partial charge in [-0.15, -0.1) is 0 Å². The highest BCUT2D eigenvalue weighted by molar-refractivity contribution is 5.08. The molecule has 5 nitrogen and oxygen atoms in total. The highest BCUT2D eigenvalue weighted by Gasteiger charge is 2.44. The maximum Gasteiger partial charge on any atom is 0.0624 e. The predicted octanol–water partition coefficient (Wildman–Crippen LogP) is 0.845. The van der Waals surface area contributed by atoms with Crippen LogP contribution in [0.25, 0.3) is 0 Å². The lowest BCUT2D eigenvalue weighted by Crippen LogP contribution is -2.45. The highest BCUT2D eigenvalue weighted by Crippen LogP contribution is 2.40.